The van der Waals surface area contributed by atoms with Gasteiger partial charge in [0.15, 0.2) is 17.6 Å². The Balaban J connectivity index is 1.44. The minimum Gasteiger partial charge on any atom is -0.493 e. The Kier molecular flexibility index (Phi) is 6.76. The van der Waals surface area contributed by atoms with Crippen molar-refractivity contribution >= 4 is 28.5 Å². The molecule has 0 bridgehead atoms. The van der Waals surface area contributed by atoms with Crippen molar-refractivity contribution in [3.8, 4) is 11.5 Å². The number of hydrogen-bond donors (Lipinski definition) is 1. The highest BCUT2D eigenvalue weighted by atomic mass is 16.5. The summed E-state index contributed by atoms with van der Waals surface area (Å²) in [6.07, 6.45) is 4.17. The number of rotatable bonds is 6. The van der Waals surface area contributed by atoms with E-state index in [1.165, 1.54) is 26.4 Å². The van der Waals surface area contributed by atoms with Gasteiger partial charge in [0.25, 0.3) is 11.8 Å². The third-order valence-corrected chi connectivity index (χ3v) is 5.88. The molecule has 1 fully saturated rings. The topological polar surface area (TPSA) is 110 Å². The van der Waals surface area contributed by atoms with Gasteiger partial charge in [-0.15, -0.1) is 0 Å². The maximum absolute atomic E-state index is 13.2. The molecule has 0 unspecified atom stereocenters. The molecule has 3 aromatic heterocycles. The first-order valence-corrected chi connectivity index (χ1v) is 11.1. The van der Waals surface area contributed by atoms with Crippen molar-refractivity contribution < 1.29 is 19.1 Å². The fourth-order valence-electron chi connectivity index (χ4n) is 4.12. The molecule has 4 rings (SSSR count). The van der Waals surface area contributed by atoms with Crippen LogP contribution in [0.3, 0.4) is 0 Å². The molecular formula is C24H28N6O4. The van der Waals surface area contributed by atoms with Gasteiger partial charge in [0.05, 0.1) is 18.8 Å². The molecule has 1 saturated heterocycles. The standard InChI is InChI=1S/C24H28N6O4/c1-15-14-29(22-17-6-5-8-26-18(17)7-9-27-22)10-11-30(15)24(32)16(2)34-21-13-28-19(23(31)25-3)12-20(21)33-4/h5-9,12-13,15-16H,10-11,14H2,1-4H3,(H,25,31)/t15-,16+/m1/s1. The van der Waals surface area contributed by atoms with Crippen LogP contribution in [0.15, 0.2) is 42.9 Å². The van der Waals surface area contributed by atoms with Crippen molar-refractivity contribution in [1.29, 1.82) is 0 Å². The molecule has 1 aliphatic rings. The minimum absolute atomic E-state index is 0.0447. The second-order valence-electron chi connectivity index (χ2n) is 8.09. The molecule has 4 heterocycles. The van der Waals surface area contributed by atoms with Crippen LogP contribution in [0, 0.1) is 0 Å². The number of fused-ring (bicyclic) bond motifs is 1. The Morgan fingerprint density at radius 2 is 1.97 bits per heavy atom. The highest BCUT2D eigenvalue weighted by Crippen LogP contribution is 2.29. The number of methoxy groups -OCH3 is 1. The van der Waals surface area contributed by atoms with Crippen molar-refractivity contribution in [2.24, 2.45) is 0 Å². The summed E-state index contributed by atoms with van der Waals surface area (Å²) >= 11 is 0. The maximum atomic E-state index is 13.2. The average Bonchev–Trinajstić information content (AvgIpc) is 2.87. The molecule has 0 aliphatic carbocycles. The zero-order valence-electron chi connectivity index (χ0n) is 19.7. The first-order chi connectivity index (χ1) is 16.4. The van der Waals surface area contributed by atoms with Gasteiger partial charge >= 0.3 is 0 Å². The Labute approximate surface area is 197 Å². The average molecular weight is 465 g/mol. The first-order valence-electron chi connectivity index (χ1n) is 11.1. The zero-order chi connectivity index (χ0) is 24.2. The largest absolute Gasteiger partial charge is 0.493 e. The molecule has 0 aromatic carbocycles. The summed E-state index contributed by atoms with van der Waals surface area (Å²) in [5, 5.41) is 3.51. The summed E-state index contributed by atoms with van der Waals surface area (Å²) in [5.41, 5.74) is 1.10. The number of carbonyl (C=O) groups is 2. The van der Waals surface area contributed by atoms with Crippen LogP contribution in [0.5, 0.6) is 11.5 Å². The third kappa shape index (κ3) is 4.57. The van der Waals surface area contributed by atoms with Crippen LogP contribution in [0.4, 0.5) is 5.82 Å². The van der Waals surface area contributed by atoms with Gasteiger partial charge in [-0.1, -0.05) is 0 Å². The van der Waals surface area contributed by atoms with E-state index in [1.54, 1.807) is 19.3 Å². The Morgan fingerprint density at radius 1 is 1.15 bits per heavy atom. The molecule has 0 radical (unpaired) electrons. The third-order valence-electron chi connectivity index (χ3n) is 5.88. The summed E-state index contributed by atoms with van der Waals surface area (Å²) in [4.78, 5) is 42.2. The predicted octanol–water partition coefficient (Wildman–Crippen LogP) is 1.90. The normalized spacial score (nSPS) is 16.8. The van der Waals surface area contributed by atoms with E-state index in [0.717, 1.165) is 16.7 Å². The number of piperazine rings is 1. The van der Waals surface area contributed by atoms with E-state index in [4.69, 9.17) is 9.47 Å². The molecule has 1 aliphatic heterocycles. The van der Waals surface area contributed by atoms with Crippen LogP contribution in [-0.4, -0.2) is 77.6 Å². The fraction of sp³-hybridized carbons (Fsp3) is 0.375. The maximum Gasteiger partial charge on any atom is 0.269 e. The van der Waals surface area contributed by atoms with Crippen LogP contribution in [-0.2, 0) is 4.79 Å². The van der Waals surface area contributed by atoms with Gasteiger partial charge in [0, 0.05) is 56.6 Å². The molecule has 2 atom stereocenters. The van der Waals surface area contributed by atoms with Crippen LogP contribution < -0.4 is 19.7 Å². The highest BCUT2D eigenvalue weighted by molar-refractivity contribution is 5.92. The molecule has 2 amide bonds. The monoisotopic (exact) mass is 464 g/mol. The van der Waals surface area contributed by atoms with Crippen LogP contribution >= 0.6 is 0 Å². The summed E-state index contributed by atoms with van der Waals surface area (Å²) in [7, 11) is 3.00. The Morgan fingerprint density at radius 3 is 2.71 bits per heavy atom. The lowest BCUT2D eigenvalue weighted by molar-refractivity contribution is -0.140. The summed E-state index contributed by atoms with van der Waals surface area (Å²) in [6.45, 7) is 5.55. The number of hydrogen-bond acceptors (Lipinski definition) is 8. The van der Waals surface area contributed by atoms with Gasteiger partial charge in [0.1, 0.15) is 11.5 Å². The molecule has 1 N–H and O–H groups in total. The zero-order valence-corrected chi connectivity index (χ0v) is 19.7. The van der Waals surface area contributed by atoms with E-state index in [1.807, 2.05) is 30.0 Å². The van der Waals surface area contributed by atoms with Crippen molar-refractivity contribution in [2.75, 3.05) is 38.7 Å². The van der Waals surface area contributed by atoms with E-state index < -0.39 is 6.10 Å². The number of nitrogens with zero attached hydrogens (tertiary/aromatic N) is 5. The van der Waals surface area contributed by atoms with E-state index in [0.29, 0.717) is 31.1 Å². The smallest absolute Gasteiger partial charge is 0.269 e. The van der Waals surface area contributed by atoms with Gasteiger partial charge in [-0.05, 0) is 32.0 Å². The van der Waals surface area contributed by atoms with Crippen molar-refractivity contribution in [3.63, 3.8) is 0 Å². The van der Waals surface area contributed by atoms with E-state index in [9.17, 15) is 9.59 Å². The molecule has 10 nitrogen and oxygen atoms in total. The quantitative estimate of drug-likeness (QED) is 0.589. The van der Waals surface area contributed by atoms with Crippen LogP contribution in [0.1, 0.15) is 24.3 Å². The van der Waals surface area contributed by atoms with E-state index >= 15 is 0 Å². The van der Waals surface area contributed by atoms with Gasteiger partial charge in [-0.2, -0.15) is 0 Å². The number of carbonyl (C=O) groups excluding carboxylic acids is 2. The van der Waals surface area contributed by atoms with Gasteiger partial charge in [-0.25, -0.2) is 9.97 Å². The lowest BCUT2D eigenvalue weighted by Crippen LogP contribution is -2.56. The lowest BCUT2D eigenvalue weighted by atomic mass is 10.1. The predicted molar refractivity (Wildman–Crippen MR) is 127 cm³/mol. The molecule has 3 aromatic rings. The number of anilines is 1. The molecule has 178 valence electrons. The lowest BCUT2D eigenvalue weighted by Gasteiger charge is -2.41. The number of amides is 2. The summed E-state index contributed by atoms with van der Waals surface area (Å²) in [6, 6.07) is 7.25. The fourth-order valence-corrected chi connectivity index (χ4v) is 4.12. The second-order valence-corrected chi connectivity index (χ2v) is 8.09. The number of ether oxygens (including phenoxy) is 2. The Bertz CT molecular complexity index is 1200. The van der Waals surface area contributed by atoms with E-state index in [2.05, 4.69) is 25.2 Å². The molecule has 0 spiro atoms. The SMILES string of the molecule is CNC(=O)c1cc(OC)c(O[C@@H](C)C(=O)N2CCN(c3nccc4ncccc34)C[C@H]2C)cn1. The van der Waals surface area contributed by atoms with Crippen molar-refractivity contribution in [3.05, 3.63) is 48.5 Å². The van der Waals surface area contributed by atoms with Gasteiger partial charge in [0.2, 0.25) is 0 Å². The van der Waals surface area contributed by atoms with E-state index in [-0.39, 0.29) is 23.6 Å². The van der Waals surface area contributed by atoms with Crippen molar-refractivity contribution in [1.82, 2.24) is 25.2 Å². The molecular weight excluding hydrogens is 436 g/mol. The van der Waals surface area contributed by atoms with Gasteiger partial charge in [-0.3, -0.25) is 14.6 Å². The minimum atomic E-state index is -0.754. The van der Waals surface area contributed by atoms with Gasteiger partial charge < -0.3 is 24.6 Å². The molecule has 10 heteroatoms. The van der Waals surface area contributed by atoms with Crippen LogP contribution in [0.2, 0.25) is 0 Å². The summed E-state index contributed by atoms with van der Waals surface area (Å²) < 4.78 is 11.2. The molecule has 0 saturated carbocycles. The van der Waals surface area contributed by atoms with Crippen molar-refractivity contribution in [2.45, 2.75) is 26.0 Å². The van der Waals surface area contributed by atoms with Crippen LogP contribution in [0.25, 0.3) is 10.9 Å². The second kappa shape index (κ2) is 9.90. The number of nitrogens with one attached hydrogen (secondary N) is 1. The number of aromatic nitrogens is 3. The summed E-state index contributed by atoms with van der Waals surface area (Å²) in [5.74, 6) is 1.05. The molecule has 34 heavy (non-hydrogen) atoms. The number of pyridine rings is 3. The first kappa shape index (κ1) is 23.2. The highest BCUT2D eigenvalue weighted by Gasteiger charge is 2.32. The Hall–Kier alpha value is -3.95.